The number of nitrogens with zero attached hydrogens (tertiary/aromatic N) is 1. The van der Waals surface area contributed by atoms with E-state index in [2.05, 4.69) is 22.1 Å². The standard InChI is InChI=1S/C15H15N3O2/c1-11-9-17-14(20-11)10-18-15(19)13-7-3-2-5-12(13)6-4-8-16/h2-3,5,7,9H,8,10,16H2,1H3,(H,18,19). The van der Waals surface area contributed by atoms with Gasteiger partial charge in [-0.3, -0.25) is 4.79 Å². The van der Waals surface area contributed by atoms with Crippen LogP contribution >= 0.6 is 0 Å². The first kappa shape index (κ1) is 13.8. The molecule has 0 saturated carbocycles. The molecule has 0 fully saturated rings. The molecule has 0 aliphatic carbocycles. The summed E-state index contributed by atoms with van der Waals surface area (Å²) in [6.45, 7) is 2.30. The van der Waals surface area contributed by atoms with Crippen molar-refractivity contribution in [3.63, 3.8) is 0 Å². The van der Waals surface area contributed by atoms with Crippen LogP contribution < -0.4 is 11.1 Å². The van der Waals surface area contributed by atoms with Crippen LogP contribution in [0.1, 0.15) is 27.6 Å². The van der Waals surface area contributed by atoms with Gasteiger partial charge in [-0.1, -0.05) is 24.0 Å². The molecule has 5 heteroatoms. The van der Waals surface area contributed by atoms with Gasteiger partial charge in [0, 0.05) is 5.56 Å². The van der Waals surface area contributed by atoms with E-state index in [0.29, 0.717) is 22.8 Å². The molecule has 0 unspecified atom stereocenters. The van der Waals surface area contributed by atoms with E-state index in [1.807, 2.05) is 6.07 Å². The van der Waals surface area contributed by atoms with Gasteiger partial charge in [-0.05, 0) is 19.1 Å². The molecular weight excluding hydrogens is 254 g/mol. The molecule has 0 atom stereocenters. The van der Waals surface area contributed by atoms with Crippen LogP contribution in [0.5, 0.6) is 0 Å². The van der Waals surface area contributed by atoms with Gasteiger partial charge < -0.3 is 15.5 Å². The molecule has 0 saturated heterocycles. The molecule has 0 bridgehead atoms. The van der Waals surface area contributed by atoms with Crippen molar-refractivity contribution in [3.8, 4) is 11.8 Å². The van der Waals surface area contributed by atoms with E-state index in [0.717, 1.165) is 0 Å². The summed E-state index contributed by atoms with van der Waals surface area (Å²) >= 11 is 0. The van der Waals surface area contributed by atoms with Crippen LogP contribution in [0.2, 0.25) is 0 Å². The molecule has 0 spiro atoms. The topological polar surface area (TPSA) is 81.2 Å². The minimum absolute atomic E-state index is 0.220. The fraction of sp³-hybridized carbons (Fsp3) is 0.200. The van der Waals surface area contributed by atoms with Crippen LogP contribution in [0.15, 0.2) is 34.9 Å². The lowest BCUT2D eigenvalue weighted by atomic mass is 10.1. The molecule has 2 rings (SSSR count). The Kier molecular flexibility index (Phi) is 4.53. The van der Waals surface area contributed by atoms with Crippen molar-refractivity contribution in [2.45, 2.75) is 13.5 Å². The monoisotopic (exact) mass is 269 g/mol. The number of nitrogens with one attached hydrogen (secondary N) is 1. The number of rotatable bonds is 3. The largest absolute Gasteiger partial charge is 0.444 e. The predicted molar refractivity (Wildman–Crippen MR) is 74.8 cm³/mol. The Morgan fingerprint density at radius 3 is 2.95 bits per heavy atom. The maximum absolute atomic E-state index is 12.1. The first-order valence-corrected chi connectivity index (χ1v) is 6.18. The summed E-state index contributed by atoms with van der Waals surface area (Å²) in [5.41, 5.74) is 6.51. The molecular formula is C15H15N3O2. The van der Waals surface area contributed by atoms with Crippen molar-refractivity contribution in [1.82, 2.24) is 10.3 Å². The Morgan fingerprint density at radius 2 is 2.25 bits per heavy atom. The zero-order valence-electron chi connectivity index (χ0n) is 11.1. The lowest BCUT2D eigenvalue weighted by Crippen LogP contribution is -2.23. The molecule has 1 amide bonds. The van der Waals surface area contributed by atoms with E-state index >= 15 is 0 Å². The molecule has 5 nitrogen and oxygen atoms in total. The van der Waals surface area contributed by atoms with Crippen molar-refractivity contribution in [1.29, 1.82) is 0 Å². The van der Waals surface area contributed by atoms with Crippen LogP contribution in [0, 0.1) is 18.8 Å². The van der Waals surface area contributed by atoms with Crippen LogP contribution in [0.25, 0.3) is 0 Å². The fourth-order valence-electron chi connectivity index (χ4n) is 1.67. The molecule has 3 N–H and O–H groups in total. The average molecular weight is 269 g/mol. The third-order valence-corrected chi connectivity index (χ3v) is 2.57. The second-order valence-corrected chi connectivity index (χ2v) is 4.10. The van der Waals surface area contributed by atoms with E-state index in [4.69, 9.17) is 10.2 Å². The Labute approximate surface area is 117 Å². The van der Waals surface area contributed by atoms with Gasteiger partial charge in [0.1, 0.15) is 5.76 Å². The quantitative estimate of drug-likeness (QED) is 0.821. The van der Waals surface area contributed by atoms with Crippen molar-refractivity contribution in [2.24, 2.45) is 5.73 Å². The predicted octanol–water partition coefficient (Wildman–Crippen LogP) is 1.22. The van der Waals surface area contributed by atoms with Crippen LogP contribution in [-0.2, 0) is 6.54 Å². The molecule has 0 aliphatic heterocycles. The van der Waals surface area contributed by atoms with Crippen LogP contribution in [0.4, 0.5) is 0 Å². The summed E-state index contributed by atoms with van der Waals surface area (Å²) in [6.07, 6.45) is 1.61. The summed E-state index contributed by atoms with van der Waals surface area (Å²) in [5.74, 6) is 6.59. The van der Waals surface area contributed by atoms with Crippen LogP contribution in [0.3, 0.4) is 0 Å². The van der Waals surface area contributed by atoms with Crippen molar-refractivity contribution >= 4 is 5.91 Å². The van der Waals surface area contributed by atoms with Gasteiger partial charge in [-0.15, -0.1) is 0 Å². The molecule has 2 aromatic rings. The van der Waals surface area contributed by atoms with Gasteiger partial charge in [0.15, 0.2) is 0 Å². The van der Waals surface area contributed by atoms with Gasteiger partial charge in [-0.25, -0.2) is 4.98 Å². The highest BCUT2D eigenvalue weighted by Gasteiger charge is 2.10. The van der Waals surface area contributed by atoms with Crippen molar-refractivity contribution in [3.05, 3.63) is 53.2 Å². The summed E-state index contributed by atoms with van der Waals surface area (Å²) in [4.78, 5) is 16.2. The molecule has 102 valence electrons. The van der Waals surface area contributed by atoms with Crippen LogP contribution in [-0.4, -0.2) is 17.4 Å². The molecule has 1 aromatic heterocycles. The number of carbonyl (C=O) groups excluding carboxylic acids is 1. The minimum atomic E-state index is -0.220. The number of aryl methyl sites for hydroxylation is 1. The third kappa shape index (κ3) is 3.46. The Bertz CT molecular complexity index is 665. The van der Waals surface area contributed by atoms with Gasteiger partial charge in [0.25, 0.3) is 5.91 Å². The average Bonchev–Trinajstić information content (AvgIpc) is 2.88. The molecule has 0 aliphatic rings. The second-order valence-electron chi connectivity index (χ2n) is 4.10. The molecule has 1 aromatic carbocycles. The third-order valence-electron chi connectivity index (χ3n) is 2.57. The van der Waals surface area contributed by atoms with Crippen molar-refractivity contribution < 1.29 is 9.21 Å². The molecule has 20 heavy (non-hydrogen) atoms. The van der Waals surface area contributed by atoms with Gasteiger partial charge in [0.2, 0.25) is 5.89 Å². The summed E-state index contributed by atoms with van der Waals surface area (Å²) in [5, 5.41) is 2.75. The van der Waals surface area contributed by atoms with Gasteiger partial charge >= 0.3 is 0 Å². The van der Waals surface area contributed by atoms with Crippen molar-refractivity contribution in [2.75, 3.05) is 6.54 Å². The van der Waals surface area contributed by atoms with Gasteiger partial charge in [0.05, 0.1) is 24.8 Å². The summed E-state index contributed by atoms with van der Waals surface area (Å²) < 4.78 is 5.29. The highest BCUT2D eigenvalue weighted by atomic mass is 16.4. The van der Waals surface area contributed by atoms with E-state index < -0.39 is 0 Å². The number of benzene rings is 1. The summed E-state index contributed by atoms with van der Waals surface area (Å²) in [7, 11) is 0. The first-order chi connectivity index (χ1) is 9.70. The maximum atomic E-state index is 12.1. The molecule has 1 heterocycles. The minimum Gasteiger partial charge on any atom is -0.444 e. The first-order valence-electron chi connectivity index (χ1n) is 6.18. The Morgan fingerprint density at radius 1 is 1.45 bits per heavy atom. The number of hydrogen-bond acceptors (Lipinski definition) is 4. The summed E-state index contributed by atoms with van der Waals surface area (Å²) in [6, 6.07) is 7.12. The highest BCUT2D eigenvalue weighted by molar-refractivity contribution is 5.96. The lowest BCUT2D eigenvalue weighted by molar-refractivity contribution is 0.0947. The molecule has 0 radical (unpaired) electrons. The van der Waals surface area contributed by atoms with E-state index in [-0.39, 0.29) is 19.0 Å². The number of amides is 1. The Hall–Kier alpha value is -2.58. The lowest BCUT2D eigenvalue weighted by Gasteiger charge is -2.05. The van der Waals surface area contributed by atoms with Gasteiger partial charge in [-0.2, -0.15) is 0 Å². The second kappa shape index (κ2) is 6.55. The zero-order chi connectivity index (χ0) is 14.4. The Balaban J connectivity index is 2.09. The normalized spacial score (nSPS) is 9.70. The van der Waals surface area contributed by atoms with E-state index in [1.54, 1.807) is 31.3 Å². The number of oxazole rings is 1. The number of aromatic nitrogens is 1. The smallest absolute Gasteiger partial charge is 0.252 e. The SMILES string of the molecule is Cc1cnc(CNC(=O)c2ccccc2C#CCN)o1. The highest BCUT2D eigenvalue weighted by Crippen LogP contribution is 2.08. The fourth-order valence-corrected chi connectivity index (χ4v) is 1.67. The number of nitrogens with two attached hydrogens (primary N) is 1. The number of carbonyl (C=O) groups is 1. The number of hydrogen-bond donors (Lipinski definition) is 2. The maximum Gasteiger partial charge on any atom is 0.252 e. The van der Waals surface area contributed by atoms with E-state index in [9.17, 15) is 4.79 Å². The van der Waals surface area contributed by atoms with E-state index in [1.165, 1.54) is 0 Å². The zero-order valence-corrected chi connectivity index (χ0v) is 11.1.